The van der Waals surface area contributed by atoms with Gasteiger partial charge in [0.2, 0.25) is 5.91 Å². The maximum absolute atomic E-state index is 12.0. The Kier molecular flexibility index (Phi) is 5.30. The number of amides is 2. The number of ether oxygens (including phenoxy) is 1. The summed E-state index contributed by atoms with van der Waals surface area (Å²) < 4.78 is 4.72. The molecule has 0 saturated heterocycles. The molecule has 6 nitrogen and oxygen atoms in total. The Balaban J connectivity index is 1.98. The zero-order valence-corrected chi connectivity index (χ0v) is 12.7. The number of alkyl carbamates (subject to hydrolysis) is 1. The number of benzene rings is 1. The Morgan fingerprint density at radius 1 is 1.27 bits per heavy atom. The molecule has 0 aliphatic rings. The zero-order chi connectivity index (χ0) is 15.9. The number of carbonyl (C=O) groups excluding carboxylic acids is 2. The largest absolute Gasteiger partial charge is 0.450 e. The van der Waals surface area contributed by atoms with Crippen LogP contribution < -0.4 is 10.6 Å². The molecule has 1 aromatic heterocycles. The van der Waals surface area contributed by atoms with Crippen LogP contribution in [0.15, 0.2) is 30.5 Å². The molecule has 0 bridgehead atoms. The maximum atomic E-state index is 12.0. The molecule has 116 valence electrons. The van der Waals surface area contributed by atoms with Crippen LogP contribution in [-0.2, 0) is 9.53 Å². The minimum Gasteiger partial charge on any atom is -0.450 e. The number of nitrogens with one attached hydrogen (secondary N) is 2. The molecule has 0 saturated carbocycles. The number of fused-ring (bicyclic) bond motifs is 1. The molecule has 1 aromatic carbocycles. The summed E-state index contributed by atoms with van der Waals surface area (Å²) in [6.45, 7) is 4.24. The maximum Gasteiger partial charge on any atom is 0.407 e. The number of pyridine rings is 1. The summed E-state index contributed by atoms with van der Waals surface area (Å²) in [6, 6.07) is 7.53. The molecule has 2 aromatic rings. The Bertz CT molecular complexity index is 685. The molecular formula is C16H19N3O3. The van der Waals surface area contributed by atoms with E-state index in [4.69, 9.17) is 4.74 Å². The Morgan fingerprint density at radius 2 is 2.09 bits per heavy atom. The first-order valence-corrected chi connectivity index (χ1v) is 7.16. The van der Waals surface area contributed by atoms with Gasteiger partial charge in [0.1, 0.15) is 0 Å². The van der Waals surface area contributed by atoms with Gasteiger partial charge < -0.3 is 15.4 Å². The minimum atomic E-state index is -0.514. The van der Waals surface area contributed by atoms with Crippen molar-refractivity contribution in [2.24, 2.45) is 0 Å². The number of rotatable bonds is 5. The lowest BCUT2D eigenvalue weighted by atomic mass is 10.1. The van der Waals surface area contributed by atoms with Crippen LogP contribution in [0.1, 0.15) is 18.9 Å². The molecule has 0 unspecified atom stereocenters. The summed E-state index contributed by atoms with van der Waals surface area (Å²) in [5, 5.41) is 6.26. The van der Waals surface area contributed by atoms with Crippen molar-refractivity contribution < 1.29 is 14.3 Å². The normalized spacial score (nSPS) is 10.3. The number of anilines is 1. The average Bonchev–Trinajstić information content (AvgIpc) is 2.51. The van der Waals surface area contributed by atoms with Crippen LogP contribution in [0.4, 0.5) is 10.5 Å². The summed E-state index contributed by atoms with van der Waals surface area (Å²) >= 11 is 0. The van der Waals surface area contributed by atoms with Crippen molar-refractivity contribution in [3.8, 4) is 0 Å². The average molecular weight is 301 g/mol. The van der Waals surface area contributed by atoms with Gasteiger partial charge in [0.15, 0.2) is 0 Å². The van der Waals surface area contributed by atoms with Gasteiger partial charge in [-0.15, -0.1) is 0 Å². The summed E-state index contributed by atoms with van der Waals surface area (Å²) in [5.74, 6) is -0.175. The predicted molar refractivity (Wildman–Crippen MR) is 84.8 cm³/mol. The molecule has 0 radical (unpaired) electrons. The molecule has 2 N–H and O–H groups in total. The fraction of sp³-hybridized carbons (Fsp3) is 0.312. The second-order valence-corrected chi connectivity index (χ2v) is 4.78. The lowest BCUT2D eigenvalue weighted by Crippen LogP contribution is -2.28. The number of hydrogen-bond acceptors (Lipinski definition) is 4. The Hall–Kier alpha value is -2.63. The SMILES string of the molecule is CCOC(=O)NCCC(=O)Nc1ccc(C)c2ncccc12. The topological polar surface area (TPSA) is 80.3 Å². The molecule has 0 atom stereocenters. The first-order chi connectivity index (χ1) is 10.6. The highest BCUT2D eigenvalue weighted by molar-refractivity contribution is 6.01. The number of aromatic nitrogens is 1. The molecule has 22 heavy (non-hydrogen) atoms. The van der Waals surface area contributed by atoms with E-state index in [1.165, 1.54) is 0 Å². The fourth-order valence-electron chi connectivity index (χ4n) is 2.10. The van der Waals surface area contributed by atoms with Gasteiger partial charge in [-0.1, -0.05) is 6.07 Å². The number of nitrogens with zero attached hydrogens (tertiary/aromatic N) is 1. The lowest BCUT2D eigenvalue weighted by Gasteiger charge is -2.10. The predicted octanol–water partition coefficient (Wildman–Crippen LogP) is 2.62. The van der Waals surface area contributed by atoms with Crippen LogP contribution in [-0.4, -0.2) is 30.1 Å². The van der Waals surface area contributed by atoms with Gasteiger partial charge in [0, 0.05) is 24.5 Å². The van der Waals surface area contributed by atoms with E-state index in [0.717, 1.165) is 22.2 Å². The van der Waals surface area contributed by atoms with Crippen molar-refractivity contribution in [3.63, 3.8) is 0 Å². The van der Waals surface area contributed by atoms with Crippen molar-refractivity contribution in [2.75, 3.05) is 18.5 Å². The van der Waals surface area contributed by atoms with Gasteiger partial charge >= 0.3 is 6.09 Å². The summed E-state index contributed by atoms with van der Waals surface area (Å²) in [4.78, 5) is 27.4. The van der Waals surface area contributed by atoms with Crippen LogP contribution in [0.5, 0.6) is 0 Å². The van der Waals surface area contributed by atoms with E-state index >= 15 is 0 Å². The molecule has 0 aliphatic heterocycles. The van der Waals surface area contributed by atoms with Crippen molar-refractivity contribution in [3.05, 3.63) is 36.0 Å². The van der Waals surface area contributed by atoms with E-state index < -0.39 is 6.09 Å². The van der Waals surface area contributed by atoms with Crippen LogP contribution in [0, 0.1) is 6.92 Å². The van der Waals surface area contributed by atoms with Gasteiger partial charge in [-0.25, -0.2) is 4.79 Å². The molecule has 1 heterocycles. The van der Waals surface area contributed by atoms with Gasteiger partial charge in [-0.2, -0.15) is 0 Å². The summed E-state index contributed by atoms with van der Waals surface area (Å²) in [5.41, 5.74) is 2.64. The van der Waals surface area contributed by atoms with Crippen LogP contribution >= 0.6 is 0 Å². The third-order valence-corrected chi connectivity index (χ3v) is 3.14. The van der Waals surface area contributed by atoms with E-state index in [2.05, 4.69) is 15.6 Å². The first-order valence-electron chi connectivity index (χ1n) is 7.16. The smallest absolute Gasteiger partial charge is 0.407 e. The molecule has 2 amide bonds. The Morgan fingerprint density at radius 3 is 2.86 bits per heavy atom. The van der Waals surface area contributed by atoms with Crippen molar-refractivity contribution in [2.45, 2.75) is 20.3 Å². The van der Waals surface area contributed by atoms with Crippen LogP contribution in [0.25, 0.3) is 10.9 Å². The van der Waals surface area contributed by atoms with Gasteiger partial charge in [0.05, 0.1) is 17.8 Å². The van der Waals surface area contributed by atoms with Gasteiger partial charge in [0.25, 0.3) is 0 Å². The second-order valence-electron chi connectivity index (χ2n) is 4.78. The van der Waals surface area contributed by atoms with Gasteiger partial charge in [-0.05, 0) is 37.6 Å². The Labute approximate surface area is 128 Å². The van der Waals surface area contributed by atoms with E-state index in [0.29, 0.717) is 6.61 Å². The molecule has 0 aliphatic carbocycles. The summed E-state index contributed by atoms with van der Waals surface area (Å²) in [7, 11) is 0. The van der Waals surface area contributed by atoms with Crippen LogP contribution in [0.2, 0.25) is 0 Å². The quantitative estimate of drug-likeness (QED) is 0.889. The van der Waals surface area contributed by atoms with Crippen molar-refractivity contribution in [1.82, 2.24) is 10.3 Å². The highest BCUT2D eigenvalue weighted by Gasteiger charge is 2.08. The third kappa shape index (κ3) is 3.94. The van der Waals surface area contributed by atoms with Gasteiger partial charge in [-0.3, -0.25) is 9.78 Å². The highest BCUT2D eigenvalue weighted by atomic mass is 16.5. The minimum absolute atomic E-state index is 0.175. The molecule has 2 rings (SSSR count). The fourth-order valence-corrected chi connectivity index (χ4v) is 2.10. The first kappa shape index (κ1) is 15.8. The van der Waals surface area contributed by atoms with E-state index in [1.54, 1.807) is 13.1 Å². The van der Waals surface area contributed by atoms with Crippen molar-refractivity contribution in [1.29, 1.82) is 0 Å². The van der Waals surface area contributed by atoms with E-state index in [1.807, 2.05) is 31.2 Å². The van der Waals surface area contributed by atoms with Crippen LogP contribution in [0.3, 0.4) is 0 Å². The molecule has 0 fully saturated rings. The number of aryl methyl sites for hydroxylation is 1. The monoisotopic (exact) mass is 301 g/mol. The number of carbonyl (C=O) groups is 2. The third-order valence-electron chi connectivity index (χ3n) is 3.14. The zero-order valence-electron chi connectivity index (χ0n) is 12.7. The molecule has 6 heteroatoms. The van der Waals surface area contributed by atoms with E-state index in [-0.39, 0.29) is 18.9 Å². The standard InChI is InChI=1S/C16H19N3O3/c1-3-22-16(21)18-10-8-14(20)19-13-7-6-11(2)15-12(13)5-4-9-17-15/h4-7,9H,3,8,10H2,1-2H3,(H,18,21)(H,19,20). The molecule has 0 spiro atoms. The van der Waals surface area contributed by atoms with E-state index in [9.17, 15) is 9.59 Å². The summed E-state index contributed by atoms with van der Waals surface area (Å²) in [6.07, 6.45) is 1.39. The highest BCUT2D eigenvalue weighted by Crippen LogP contribution is 2.24. The number of hydrogen-bond donors (Lipinski definition) is 2. The second kappa shape index (κ2) is 7.40. The molecular weight excluding hydrogens is 282 g/mol. The lowest BCUT2D eigenvalue weighted by molar-refractivity contribution is -0.116. The van der Waals surface area contributed by atoms with Crippen molar-refractivity contribution >= 4 is 28.6 Å².